The third-order valence-electron chi connectivity index (χ3n) is 2.52. The fourth-order valence-corrected chi connectivity index (χ4v) is 1.68. The van der Waals surface area contributed by atoms with Crippen molar-refractivity contribution in [1.82, 2.24) is 4.98 Å². The highest BCUT2D eigenvalue weighted by Crippen LogP contribution is 2.13. The predicted molar refractivity (Wildman–Crippen MR) is 67.5 cm³/mol. The molecule has 1 aromatic heterocycles. The fourth-order valence-electron chi connectivity index (χ4n) is 1.68. The van der Waals surface area contributed by atoms with E-state index < -0.39 is 0 Å². The summed E-state index contributed by atoms with van der Waals surface area (Å²) in [5.74, 6) is 0.967. The molecular formula is C14H16N2. The molecule has 16 heavy (non-hydrogen) atoms. The zero-order valence-electron chi connectivity index (χ0n) is 9.70. The zero-order chi connectivity index (χ0) is 11.4. The lowest BCUT2D eigenvalue weighted by Gasteiger charge is -2.08. The molecule has 0 aliphatic rings. The second kappa shape index (κ2) is 4.79. The lowest BCUT2D eigenvalue weighted by Crippen LogP contribution is -2.03. The van der Waals surface area contributed by atoms with E-state index in [0.29, 0.717) is 0 Å². The highest BCUT2D eigenvalue weighted by molar-refractivity contribution is 5.44. The third kappa shape index (κ3) is 2.60. The fraction of sp³-hybridized carbons (Fsp3) is 0.214. The Hall–Kier alpha value is -1.83. The topological polar surface area (TPSA) is 24.9 Å². The lowest BCUT2D eigenvalue weighted by atomic mass is 10.2. The summed E-state index contributed by atoms with van der Waals surface area (Å²) in [6, 6.07) is 12.5. The van der Waals surface area contributed by atoms with Crippen molar-refractivity contribution in [3.05, 3.63) is 59.3 Å². The smallest absolute Gasteiger partial charge is 0.129 e. The number of anilines is 1. The molecule has 1 N–H and O–H groups in total. The molecule has 0 spiro atoms. The van der Waals surface area contributed by atoms with E-state index in [9.17, 15) is 0 Å². The van der Waals surface area contributed by atoms with Crippen molar-refractivity contribution in [2.75, 3.05) is 5.32 Å². The summed E-state index contributed by atoms with van der Waals surface area (Å²) in [4.78, 5) is 4.38. The number of hydrogen-bond acceptors (Lipinski definition) is 2. The number of aryl methyl sites for hydroxylation is 2. The number of aromatic nitrogens is 1. The van der Waals surface area contributed by atoms with Crippen LogP contribution >= 0.6 is 0 Å². The van der Waals surface area contributed by atoms with Crippen LogP contribution in [0.15, 0.2) is 42.6 Å². The van der Waals surface area contributed by atoms with E-state index in [0.717, 1.165) is 12.4 Å². The first-order valence-electron chi connectivity index (χ1n) is 5.47. The Morgan fingerprint density at radius 3 is 2.56 bits per heavy atom. The first kappa shape index (κ1) is 10.7. The molecule has 0 amide bonds. The van der Waals surface area contributed by atoms with Gasteiger partial charge in [0.15, 0.2) is 0 Å². The van der Waals surface area contributed by atoms with Crippen molar-refractivity contribution in [2.45, 2.75) is 20.4 Å². The lowest BCUT2D eigenvalue weighted by molar-refractivity contribution is 1.09. The Balaban J connectivity index is 2.05. The van der Waals surface area contributed by atoms with Gasteiger partial charge in [0.2, 0.25) is 0 Å². The molecule has 0 bridgehead atoms. The van der Waals surface area contributed by atoms with E-state index in [1.54, 1.807) is 0 Å². The van der Waals surface area contributed by atoms with Crippen LogP contribution in [0.1, 0.15) is 16.7 Å². The van der Waals surface area contributed by atoms with Gasteiger partial charge in [-0.3, -0.25) is 0 Å². The van der Waals surface area contributed by atoms with Crippen LogP contribution in [0, 0.1) is 13.8 Å². The zero-order valence-corrected chi connectivity index (χ0v) is 9.70. The molecule has 0 atom stereocenters. The summed E-state index contributed by atoms with van der Waals surface area (Å²) < 4.78 is 0. The SMILES string of the molecule is Cc1cnc(NCc2ccccc2)c(C)c1. The van der Waals surface area contributed by atoms with Gasteiger partial charge in [0, 0.05) is 12.7 Å². The Morgan fingerprint density at radius 2 is 1.88 bits per heavy atom. The monoisotopic (exact) mass is 212 g/mol. The minimum absolute atomic E-state index is 0.817. The number of hydrogen-bond donors (Lipinski definition) is 1. The van der Waals surface area contributed by atoms with E-state index in [1.807, 2.05) is 24.4 Å². The average Bonchev–Trinajstić information content (AvgIpc) is 2.29. The molecule has 0 aliphatic carbocycles. The minimum atomic E-state index is 0.817. The van der Waals surface area contributed by atoms with Gasteiger partial charge in [-0.1, -0.05) is 36.4 Å². The number of nitrogens with one attached hydrogen (secondary N) is 1. The van der Waals surface area contributed by atoms with Crippen LogP contribution in [0.25, 0.3) is 0 Å². The molecule has 2 heteroatoms. The Labute approximate surface area is 96.4 Å². The molecule has 0 saturated heterocycles. The number of nitrogens with zero attached hydrogens (tertiary/aromatic N) is 1. The molecule has 0 aliphatic heterocycles. The Bertz CT molecular complexity index is 463. The summed E-state index contributed by atoms with van der Waals surface area (Å²) in [5.41, 5.74) is 3.66. The van der Waals surface area contributed by atoms with E-state index in [2.05, 4.69) is 42.3 Å². The van der Waals surface area contributed by atoms with E-state index in [4.69, 9.17) is 0 Å². The summed E-state index contributed by atoms with van der Waals surface area (Å²) >= 11 is 0. The molecule has 0 radical (unpaired) electrons. The molecular weight excluding hydrogens is 196 g/mol. The highest BCUT2D eigenvalue weighted by Gasteiger charge is 1.99. The van der Waals surface area contributed by atoms with Crippen molar-refractivity contribution >= 4 is 5.82 Å². The molecule has 2 nitrogen and oxygen atoms in total. The largest absolute Gasteiger partial charge is 0.366 e. The van der Waals surface area contributed by atoms with Crippen LogP contribution in [0.4, 0.5) is 5.82 Å². The van der Waals surface area contributed by atoms with Crippen LogP contribution < -0.4 is 5.32 Å². The van der Waals surface area contributed by atoms with Crippen molar-refractivity contribution in [3.63, 3.8) is 0 Å². The number of pyridine rings is 1. The Kier molecular flexibility index (Phi) is 3.20. The van der Waals surface area contributed by atoms with Gasteiger partial charge in [-0.05, 0) is 30.5 Å². The van der Waals surface area contributed by atoms with E-state index in [1.165, 1.54) is 16.7 Å². The summed E-state index contributed by atoms with van der Waals surface area (Å²) in [6.45, 7) is 4.95. The minimum Gasteiger partial charge on any atom is -0.366 e. The summed E-state index contributed by atoms with van der Waals surface area (Å²) in [6.07, 6.45) is 1.89. The van der Waals surface area contributed by atoms with Gasteiger partial charge >= 0.3 is 0 Å². The van der Waals surface area contributed by atoms with Gasteiger partial charge in [0.1, 0.15) is 5.82 Å². The van der Waals surface area contributed by atoms with Gasteiger partial charge in [0.25, 0.3) is 0 Å². The van der Waals surface area contributed by atoms with Gasteiger partial charge in [-0.2, -0.15) is 0 Å². The number of benzene rings is 1. The third-order valence-corrected chi connectivity index (χ3v) is 2.52. The van der Waals surface area contributed by atoms with Crippen molar-refractivity contribution in [3.8, 4) is 0 Å². The summed E-state index contributed by atoms with van der Waals surface area (Å²) in [7, 11) is 0. The van der Waals surface area contributed by atoms with Crippen molar-refractivity contribution < 1.29 is 0 Å². The molecule has 0 saturated carbocycles. The van der Waals surface area contributed by atoms with Crippen LogP contribution in [-0.4, -0.2) is 4.98 Å². The van der Waals surface area contributed by atoms with Crippen LogP contribution in [0.2, 0.25) is 0 Å². The normalized spacial score (nSPS) is 10.1. The standard InChI is InChI=1S/C14H16N2/c1-11-8-12(2)14(15-9-11)16-10-13-6-4-3-5-7-13/h3-9H,10H2,1-2H3,(H,15,16). The quantitative estimate of drug-likeness (QED) is 0.844. The van der Waals surface area contributed by atoms with E-state index >= 15 is 0 Å². The average molecular weight is 212 g/mol. The maximum absolute atomic E-state index is 4.38. The highest BCUT2D eigenvalue weighted by atomic mass is 15.0. The molecule has 1 heterocycles. The predicted octanol–water partition coefficient (Wildman–Crippen LogP) is 3.31. The molecule has 82 valence electrons. The second-order valence-corrected chi connectivity index (χ2v) is 4.02. The first-order chi connectivity index (χ1) is 7.75. The first-order valence-corrected chi connectivity index (χ1v) is 5.47. The second-order valence-electron chi connectivity index (χ2n) is 4.02. The van der Waals surface area contributed by atoms with Gasteiger partial charge in [0.05, 0.1) is 0 Å². The molecule has 2 rings (SSSR count). The Morgan fingerprint density at radius 1 is 1.12 bits per heavy atom. The van der Waals surface area contributed by atoms with Crippen LogP contribution in [-0.2, 0) is 6.54 Å². The maximum atomic E-state index is 4.38. The van der Waals surface area contributed by atoms with Crippen molar-refractivity contribution in [1.29, 1.82) is 0 Å². The van der Waals surface area contributed by atoms with Gasteiger partial charge < -0.3 is 5.32 Å². The maximum Gasteiger partial charge on any atom is 0.129 e. The van der Waals surface area contributed by atoms with Gasteiger partial charge in [-0.15, -0.1) is 0 Å². The molecule has 1 aromatic carbocycles. The van der Waals surface area contributed by atoms with Crippen LogP contribution in [0.3, 0.4) is 0 Å². The summed E-state index contributed by atoms with van der Waals surface area (Å²) in [5, 5.41) is 3.35. The molecule has 2 aromatic rings. The molecule has 0 unspecified atom stereocenters. The van der Waals surface area contributed by atoms with E-state index in [-0.39, 0.29) is 0 Å². The number of rotatable bonds is 3. The van der Waals surface area contributed by atoms with Crippen LogP contribution in [0.5, 0.6) is 0 Å². The van der Waals surface area contributed by atoms with Gasteiger partial charge in [-0.25, -0.2) is 4.98 Å². The van der Waals surface area contributed by atoms with Crippen molar-refractivity contribution in [2.24, 2.45) is 0 Å². The molecule has 0 fully saturated rings.